The molecule has 1 aliphatic heterocycles. The molecule has 1 aromatic carbocycles. The lowest BCUT2D eigenvalue weighted by Crippen LogP contribution is -1.78. The molecule has 0 aliphatic carbocycles. The summed E-state index contributed by atoms with van der Waals surface area (Å²) < 4.78 is 0. The van der Waals surface area contributed by atoms with Crippen molar-refractivity contribution in [2.24, 2.45) is 4.99 Å². The lowest BCUT2D eigenvalue weighted by atomic mass is 10.1. The molecule has 0 saturated carbocycles. The first kappa shape index (κ1) is 6.08. The van der Waals surface area contributed by atoms with Crippen LogP contribution in [0.5, 0.6) is 0 Å². The van der Waals surface area contributed by atoms with Gasteiger partial charge in [-0.2, -0.15) is 0 Å². The van der Waals surface area contributed by atoms with E-state index in [1.165, 1.54) is 6.21 Å². The lowest BCUT2D eigenvalue weighted by Gasteiger charge is -1.92. The monoisotopic (exact) mass is 143 g/mol. The first-order chi connectivity index (χ1) is 5.42. The number of para-hydroxylation sites is 1. The molecule has 1 aromatic rings. The van der Waals surface area contributed by atoms with Crippen molar-refractivity contribution in [2.45, 2.75) is 0 Å². The second kappa shape index (κ2) is 2.19. The number of hydrogen-bond acceptors (Lipinski definition) is 2. The van der Waals surface area contributed by atoms with Gasteiger partial charge in [0.1, 0.15) is 5.94 Å². The van der Waals surface area contributed by atoms with Crippen molar-refractivity contribution in [1.82, 2.24) is 0 Å². The summed E-state index contributed by atoms with van der Waals surface area (Å²) in [5.74, 6) is 1.84. The highest BCUT2D eigenvalue weighted by atomic mass is 16.1. The lowest BCUT2D eigenvalue weighted by molar-refractivity contribution is 0.570. The average Bonchev–Trinajstić information content (AvgIpc) is 2.47. The number of hydrogen-bond donors (Lipinski definition) is 0. The fourth-order valence-corrected chi connectivity index (χ4v) is 1.10. The topological polar surface area (TPSA) is 29.4 Å². The fraction of sp³-hybridized carbons (Fsp3) is 0. The number of allylic oxidation sites excluding steroid dienone is 1. The Labute approximate surface area is 63.9 Å². The van der Waals surface area contributed by atoms with E-state index in [-0.39, 0.29) is 0 Å². The summed E-state index contributed by atoms with van der Waals surface area (Å²) in [6, 6.07) is 7.51. The van der Waals surface area contributed by atoms with E-state index in [0.29, 0.717) is 5.57 Å². The van der Waals surface area contributed by atoms with E-state index in [4.69, 9.17) is 0 Å². The highest BCUT2D eigenvalue weighted by Crippen LogP contribution is 2.28. The minimum absolute atomic E-state index is 0.542. The van der Waals surface area contributed by atoms with Gasteiger partial charge < -0.3 is 0 Å². The van der Waals surface area contributed by atoms with E-state index < -0.39 is 0 Å². The van der Waals surface area contributed by atoms with Crippen LogP contribution < -0.4 is 0 Å². The van der Waals surface area contributed by atoms with Crippen LogP contribution in [0, 0.1) is 0 Å². The normalized spacial score (nSPS) is 12.9. The third kappa shape index (κ3) is 0.810. The Morgan fingerprint density at radius 2 is 2.09 bits per heavy atom. The highest BCUT2D eigenvalue weighted by molar-refractivity contribution is 6.24. The Hall–Kier alpha value is -1.66. The number of aliphatic imine (C=N–C) groups is 1. The van der Waals surface area contributed by atoms with E-state index in [9.17, 15) is 4.79 Å². The van der Waals surface area contributed by atoms with Crippen molar-refractivity contribution in [1.29, 1.82) is 0 Å². The average molecular weight is 143 g/mol. The van der Waals surface area contributed by atoms with E-state index >= 15 is 0 Å². The molecule has 0 atom stereocenters. The third-order valence-corrected chi connectivity index (χ3v) is 1.64. The molecule has 0 spiro atoms. The number of nitrogens with zero attached hydrogens (tertiary/aromatic N) is 1. The summed E-state index contributed by atoms with van der Waals surface area (Å²) in [4.78, 5) is 14.3. The minimum Gasteiger partial charge on any atom is -0.255 e. The van der Waals surface area contributed by atoms with Crippen LogP contribution in [0.1, 0.15) is 5.56 Å². The Morgan fingerprint density at radius 3 is 2.91 bits per heavy atom. The summed E-state index contributed by atoms with van der Waals surface area (Å²) in [6.45, 7) is 0. The maximum Gasteiger partial charge on any atom is 0.134 e. The van der Waals surface area contributed by atoms with Gasteiger partial charge in [0.25, 0.3) is 0 Å². The van der Waals surface area contributed by atoms with Crippen LogP contribution in [-0.4, -0.2) is 12.2 Å². The van der Waals surface area contributed by atoms with E-state index in [0.717, 1.165) is 11.3 Å². The molecule has 0 bridgehead atoms. The standard InChI is InChI=1S/C9H5NO/c11-6-7-5-10-9-4-2-1-3-8(7)9/h1-5H. The quantitative estimate of drug-likeness (QED) is 0.507. The minimum atomic E-state index is 0.542. The van der Waals surface area contributed by atoms with Gasteiger partial charge in [0.2, 0.25) is 0 Å². The summed E-state index contributed by atoms with van der Waals surface area (Å²) in [5.41, 5.74) is 2.27. The molecular formula is C9H5NO. The largest absolute Gasteiger partial charge is 0.255 e. The SMILES string of the molecule is O=C=C1C=Nc2ccccc21. The summed E-state index contributed by atoms with van der Waals surface area (Å²) in [5, 5.41) is 0. The second-order valence-corrected chi connectivity index (χ2v) is 2.29. The van der Waals surface area contributed by atoms with Crippen LogP contribution in [-0.2, 0) is 4.79 Å². The maximum absolute atomic E-state index is 10.3. The summed E-state index contributed by atoms with van der Waals surface area (Å²) in [7, 11) is 0. The molecule has 0 radical (unpaired) electrons. The van der Waals surface area contributed by atoms with Crippen LogP contribution >= 0.6 is 0 Å². The van der Waals surface area contributed by atoms with Crippen LogP contribution in [0.4, 0.5) is 5.69 Å². The van der Waals surface area contributed by atoms with Crippen LogP contribution in [0.15, 0.2) is 29.3 Å². The third-order valence-electron chi connectivity index (χ3n) is 1.64. The molecule has 2 heteroatoms. The molecule has 52 valence electrons. The van der Waals surface area contributed by atoms with Gasteiger partial charge in [0, 0.05) is 11.8 Å². The van der Waals surface area contributed by atoms with Crippen molar-refractivity contribution in [3.8, 4) is 0 Å². The summed E-state index contributed by atoms with van der Waals surface area (Å²) in [6.07, 6.45) is 1.54. The van der Waals surface area contributed by atoms with Gasteiger partial charge in [-0.15, -0.1) is 0 Å². The van der Waals surface area contributed by atoms with Gasteiger partial charge in [-0.25, -0.2) is 4.79 Å². The zero-order valence-electron chi connectivity index (χ0n) is 5.74. The molecular weight excluding hydrogens is 138 g/mol. The number of carbonyl (C=O) groups excluding carboxylic acids is 1. The molecule has 0 saturated heterocycles. The number of benzene rings is 1. The molecule has 0 N–H and O–H groups in total. The first-order valence-corrected chi connectivity index (χ1v) is 3.30. The Kier molecular flexibility index (Phi) is 1.21. The Balaban J connectivity index is 2.72. The summed E-state index contributed by atoms with van der Waals surface area (Å²) >= 11 is 0. The Morgan fingerprint density at radius 1 is 1.27 bits per heavy atom. The highest BCUT2D eigenvalue weighted by Gasteiger charge is 2.10. The molecule has 2 rings (SSSR count). The molecule has 0 amide bonds. The first-order valence-electron chi connectivity index (χ1n) is 3.30. The van der Waals surface area contributed by atoms with E-state index in [1.54, 1.807) is 0 Å². The molecule has 1 heterocycles. The van der Waals surface area contributed by atoms with Gasteiger partial charge in [-0.1, -0.05) is 18.2 Å². The van der Waals surface area contributed by atoms with E-state index in [1.807, 2.05) is 30.2 Å². The predicted octanol–water partition coefficient (Wildman–Crippen LogP) is 1.62. The van der Waals surface area contributed by atoms with Crippen LogP contribution in [0.2, 0.25) is 0 Å². The van der Waals surface area contributed by atoms with Gasteiger partial charge >= 0.3 is 0 Å². The second-order valence-electron chi connectivity index (χ2n) is 2.29. The predicted molar refractivity (Wildman–Crippen MR) is 43.7 cm³/mol. The zero-order valence-corrected chi connectivity index (χ0v) is 5.74. The van der Waals surface area contributed by atoms with Crippen LogP contribution in [0.3, 0.4) is 0 Å². The maximum atomic E-state index is 10.3. The van der Waals surface area contributed by atoms with Crippen molar-refractivity contribution >= 4 is 23.4 Å². The number of rotatable bonds is 0. The zero-order chi connectivity index (χ0) is 7.68. The van der Waals surface area contributed by atoms with Crippen LogP contribution in [0.25, 0.3) is 5.57 Å². The van der Waals surface area contributed by atoms with E-state index in [2.05, 4.69) is 4.99 Å². The van der Waals surface area contributed by atoms with Gasteiger partial charge in [-0.3, -0.25) is 4.99 Å². The molecule has 0 fully saturated rings. The molecule has 11 heavy (non-hydrogen) atoms. The Bertz CT molecular complexity index is 373. The van der Waals surface area contributed by atoms with Gasteiger partial charge in [0.05, 0.1) is 11.3 Å². The van der Waals surface area contributed by atoms with Gasteiger partial charge in [0.15, 0.2) is 0 Å². The van der Waals surface area contributed by atoms with Gasteiger partial charge in [-0.05, 0) is 6.07 Å². The molecule has 1 aliphatic rings. The number of fused-ring (bicyclic) bond motifs is 1. The fourth-order valence-electron chi connectivity index (χ4n) is 1.10. The molecule has 0 unspecified atom stereocenters. The smallest absolute Gasteiger partial charge is 0.134 e. The van der Waals surface area contributed by atoms with Crippen molar-refractivity contribution in [3.05, 3.63) is 29.8 Å². The molecule has 2 nitrogen and oxygen atoms in total. The van der Waals surface area contributed by atoms with Crippen molar-refractivity contribution < 1.29 is 4.79 Å². The molecule has 0 aromatic heterocycles. The van der Waals surface area contributed by atoms with Crippen molar-refractivity contribution in [3.63, 3.8) is 0 Å². The van der Waals surface area contributed by atoms with Crippen molar-refractivity contribution in [2.75, 3.05) is 0 Å².